The van der Waals surface area contributed by atoms with Crippen LogP contribution in [0.25, 0.3) is 0 Å². The second-order valence-electron chi connectivity index (χ2n) is 4.10. The molecule has 1 rings (SSSR count). The first kappa shape index (κ1) is 14.0. The number of halogens is 1. The molecule has 0 radical (unpaired) electrons. The molecule has 0 aromatic heterocycles. The zero-order chi connectivity index (χ0) is 13.7. The monoisotopic (exact) mass is 253 g/mol. The quantitative estimate of drug-likeness (QED) is 0.805. The number of carbonyl (C=O) groups excluding carboxylic acids is 2. The lowest BCUT2D eigenvalue weighted by Gasteiger charge is -2.18. The molecule has 0 heterocycles. The van der Waals surface area contributed by atoms with Gasteiger partial charge < -0.3 is 16.0 Å². The number of nitrogens with two attached hydrogens (primary N) is 1. The summed E-state index contributed by atoms with van der Waals surface area (Å²) in [5.74, 6) is -1.22. The van der Waals surface area contributed by atoms with Gasteiger partial charge in [-0.05, 0) is 24.3 Å². The third-order valence-corrected chi connectivity index (χ3v) is 2.41. The van der Waals surface area contributed by atoms with Crippen LogP contribution in [-0.4, -0.2) is 36.9 Å². The lowest BCUT2D eigenvalue weighted by atomic mass is 10.1. The normalized spacial score (nSPS) is 11.7. The fourth-order valence-electron chi connectivity index (χ4n) is 1.33. The van der Waals surface area contributed by atoms with Crippen LogP contribution in [0.3, 0.4) is 0 Å². The zero-order valence-electron chi connectivity index (χ0n) is 10.3. The van der Waals surface area contributed by atoms with Gasteiger partial charge in [0.25, 0.3) is 0 Å². The van der Waals surface area contributed by atoms with Gasteiger partial charge in [0.2, 0.25) is 11.8 Å². The van der Waals surface area contributed by atoms with Crippen molar-refractivity contribution in [2.75, 3.05) is 19.4 Å². The first-order valence-corrected chi connectivity index (χ1v) is 5.41. The molecule has 0 bridgehead atoms. The van der Waals surface area contributed by atoms with Crippen LogP contribution in [0, 0.1) is 5.82 Å². The fourth-order valence-corrected chi connectivity index (χ4v) is 1.33. The van der Waals surface area contributed by atoms with Crippen LogP contribution in [0.4, 0.5) is 10.1 Å². The van der Waals surface area contributed by atoms with Gasteiger partial charge in [0.15, 0.2) is 0 Å². The van der Waals surface area contributed by atoms with Crippen LogP contribution >= 0.6 is 0 Å². The standard InChI is InChI=1S/C12H16FN3O2/c1-16(2)11(17)7-10(12(14)18)15-9-5-3-8(13)4-6-9/h3-6,10,15H,7H2,1-2H3,(H2,14,18). The van der Waals surface area contributed by atoms with E-state index in [1.54, 1.807) is 14.1 Å². The van der Waals surface area contributed by atoms with Crippen LogP contribution in [0.2, 0.25) is 0 Å². The molecule has 0 fully saturated rings. The van der Waals surface area contributed by atoms with Gasteiger partial charge in [-0.2, -0.15) is 0 Å². The summed E-state index contributed by atoms with van der Waals surface area (Å²) in [5.41, 5.74) is 5.75. The van der Waals surface area contributed by atoms with E-state index in [1.165, 1.54) is 29.2 Å². The molecule has 98 valence electrons. The highest BCUT2D eigenvalue weighted by atomic mass is 19.1. The van der Waals surface area contributed by atoms with E-state index in [1.807, 2.05) is 0 Å². The molecule has 18 heavy (non-hydrogen) atoms. The van der Waals surface area contributed by atoms with Crippen molar-refractivity contribution in [2.24, 2.45) is 5.73 Å². The average molecular weight is 253 g/mol. The van der Waals surface area contributed by atoms with E-state index >= 15 is 0 Å². The number of primary amides is 1. The number of hydrogen-bond donors (Lipinski definition) is 2. The molecule has 0 spiro atoms. The molecule has 0 aliphatic rings. The predicted molar refractivity (Wildman–Crippen MR) is 66.3 cm³/mol. The van der Waals surface area contributed by atoms with Crippen LogP contribution < -0.4 is 11.1 Å². The number of anilines is 1. The molecule has 2 amide bonds. The van der Waals surface area contributed by atoms with Gasteiger partial charge in [-0.15, -0.1) is 0 Å². The van der Waals surface area contributed by atoms with Gasteiger partial charge >= 0.3 is 0 Å². The molecule has 0 saturated heterocycles. The van der Waals surface area contributed by atoms with E-state index in [0.717, 1.165) is 0 Å². The topological polar surface area (TPSA) is 75.4 Å². The van der Waals surface area contributed by atoms with Crippen LogP contribution in [0.1, 0.15) is 6.42 Å². The predicted octanol–water partition coefficient (Wildman–Crippen LogP) is 0.570. The summed E-state index contributed by atoms with van der Waals surface area (Å²) in [7, 11) is 3.19. The van der Waals surface area contributed by atoms with Gasteiger partial charge in [0.05, 0.1) is 6.42 Å². The Kier molecular flexibility index (Phi) is 4.65. The molecule has 1 aromatic rings. The van der Waals surface area contributed by atoms with E-state index < -0.39 is 11.9 Å². The molecular formula is C12H16FN3O2. The summed E-state index contributed by atoms with van der Waals surface area (Å²) in [5, 5.41) is 2.80. The third kappa shape index (κ3) is 4.04. The van der Waals surface area contributed by atoms with E-state index in [-0.39, 0.29) is 18.1 Å². The molecule has 0 aliphatic carbocycles. The molecule has 1 atom stereocenters. The molecule has 0 aliphatic heterocycles. The Morgan fingerprint density at radius 1 is 1.33 bits per heavy atom. The van der Waals surface area contributed by atoms with Crippen molar-refractivity contribution in [2.45, 2.75) is 12.5 Å². The molecule has 1 aromatic carbocycles. The van der Waals surface area contributed by atoms with Crippen molar-refractivity contribution in [3.05, 3.63) is 30.1 Å². The number of hydrogen-bond acceptors (Lipinski definition) is 3. The molecule has 5 nitrogen and oxygen atoms in total. The van der Waals surface area contributed by atoms with Crippen LogP contribution in [0.15, 0.2) is 24.3 Å². The highest BCUT2D eigenvalue weighted by molar-refractivity contribution is 5.89. The van der Waals surface area contributed by atoms with Crippen LogP contribution in [0.5, 0.6) is 0 Å². The number of rotatable bonds is 5. The van der Waals surface area contributed by atoms with Gasteiger partial charge in [0.1, 0.15) is 11.9 Å². The largest absolute Gasteiger partial charge is 0.373 e. The van der Waals surface area contributed by atoms with Gasteiger partial charge in [-0.1, -0.05) is 0 Å². The maximum Gasteiger partial charge on any atom is 0.240 e. The molecule has 1 unspecified atom stereocenters. The van der Waals surface area contributed by atoms with Crippen molar-refractivity contribution in [3.8, 4) is 0 Å². The van der Waals surface area contributed by atoms with Crippen LogP contribution in [-0.2, 0) is 9.59 Å². The summed E-state index contributed by atoms with van der Waals surface area (Å²) in [4.78, 5) is 24.1. The number of nitrogens with one attached hydrogen (secondary N) is 1. The Labute approximate surface area is 105 Å². The highest BCUT2D eigenvalue weighted by Crippen LogP contribution is 2.11. The molecular weight excluding hydrogens is 237 g/mol. The highest BCUT2D eigenvalue weighted by Gasteiger charge is 2.20. The lowest BCUT2D eigenvalue weighted by Crippen LogP contribution is -2.39. The van der Waals surface area contributed by atoms with E-state index in [9.17, 15) is 14.0 Å². The lowest BCUT2D eigenvalue weighted by molar-refractivity contribution is -0.131. The molecule has 0 saturated carbocycles. The van der Waals surface area contributed by atoms with E-state index in [2.05, 4.69) is 5.32 Å². The number of carbonyl (C=O) groups is 2. The SMILES string of the molecule is CN(C)C(=O)CC(Nc1ccc(F)cc1)C(N)=O. The number of amides is 2. The summed E-state index contributed by atoms with van der Waals surface area (Å²) in [6.07, 6.45) is -0.0420. The fraction of sp³-hybridized carbons (Fsp3) is 0.333. The smallest absolute Gasteiger partial charge is 0.240 e. The Morgan fingerprint density at radius 2 is 1.89 bits per heavy atom. The zero-order valence-corrected chi connectivity index (χ0v) is 10.3. The summed E-state index contributed by atoms with van der Waals surface area (Å²) >= 11 is 0. The Hall–Kier alpha value is -2.11. The molecule has 3 N–H and O–H groups in total. The van der Waals surface area contributed by atoms with E-state index in [4.69, 9.17) is 5.73 Å². The minimum Gasteiger partial charge on any atom is -0.373 e. The first-order valence-electron chi connectivity index (χ1n) is 5.41. The number of nitrogens with zero attached hydrogens (tertiary/aromatic N) is 1. The maximum atomic E-state index is 12.7. The van der Waals surface area contributed by atoms with Gasteiger partial charge in [0, 0.05) is 19.8 Å². The second-order valence-corrected chi connectivity index (χ2v) is 4.10. The summed E-state index contributed by atoms with van der Waals surface area (Å²) in [6.45, 7) is 0. The van der Waals surface area contributed by atoms with Crippen molar-refractivity contribution in [1.82, 2.24) is 4.90 Å². The third-order valence-electron chi connectivity index (χ3n) is 2.41. The van der Waals surface area contributed by atoms with E-state index in [0.29, 0.717) is 5.69 Å². The maximum absolute atomic E-state index is 12.7. The van der Waals surface area contributed by atoms with Crippen molar-refractivity contribution >= 4 is 17.5 Å². The minimum atomic E-state index is -0.814. The number of benzene rings is 1. The average Bonchev–Trinajstić information content (AvgIpc) is 2.30. The van der Waals surface area contributed by atoms with Crippen molar-refractivity contribution in [1.29, 1.82) is 0 Å². The Balaban J connectivity index is 2.72. The molecule has 6 heteroatoms. The first-order chi connectivity index (χ1) is 8.40. The van der Waals surface area contributed by atoms with Gasteiger partial charge in [-0.3, -0.25) is 9.59 Å². The minimum absolute atomic E-state index is 0.0420. The summed E-state index contributed by atoms with van der Waals surface area (Å²) in [6, 6.07) is 4.66. The Bertz CT molecular complexity index is 431. The van der Waals surface area contributed by atoms with Crippen molar-refractivity contribution in [3.63, 3.8) is 0 Å². The Morgan fingerprint density at radius 3 is 2.33 bits per heavy atom. The van der Waals surface area contributed by atoms with Crippen molar-refractivity contribution < 1.29 is 14.0 Å². The second kappa shape index (κ2) is 6.00. The van der Waals surface area contributed by atoms with Gasteiger partial charge in [-0.25, -0.2) is 4.39 Å². The summed E-state index contributed by atoms with van der Waals surface area (Å²) < 4.78 is 12.7.